The molecular weight excluding hydrogens is 434 g/mol. The van der Waals surface area contributed by atoms with Crippen molar-refractivity contribution in [3.63, 3.8) is 0 Å². The van der Waals surface area contributed by atoms with Gasteiger partial charge in [-0.05, 0) is 61.7 Å². The number of aryl methyl sites for hydroxylation is 1. The molecule has 1 amide bonds. The Labute approximate surface area is 192 Å². The second-order valence-electron chi connectivity index (χ2n) is 6.96. The maximum Gasteiger partial charge on any atom is 0.260 e. The van der Waals surface area contributed by atoms with E-state index in [9.17, 15) is 4.79 Å². The molecule has 0 spiro atoms. The topological polar surface area (TPSA) is 36.4 Å². The van der Waals surface area contributed by atoms with Crippen LogP contribution in [0.25, 0.3) is 10.2 Å². The molecule has 0 saturated carbocycles. The van der Waals surface area contributed by atoms with Crippen LogP contribution in [0.1, 0.15) is 36.7 Å². The third-order valence-corrected chi connectivity index (χ3v) is 7.47. The molecule has 1 heterocycles. The van der Waals surface area contributed by atoms with E-state index in [1.807, 2.05) is 48.2 Å². The van der Waals surface area contributed by atoms with Crippen LogP contribution in [-0.4, -0.2) is 47.7 Å². The molecule has 3 rings (SSSR count). The molecular formula is C23H28ClN3OS2. The van der Waals surface area contributed by atoms with Gasteiger partial charge < -0.3 is 4.90 Å². The van der Waals surface area contributed by atoms with Gasteiger partial charge in [-0.1, -0.05) is 49.8 Å². The minimum Gasteiger partial charge on any atom is -0.302 e. The lowest BCUT2D eigenvalue weighted by molar-refractivity contribution is 0.0983. The Morgan fingerprint density at radius 1 is 1.13 bits per heavy atom. The van der Waals surface area contributed by atoms with E-state index in [0.717, 1.165) is 51.2 Å². The lowest BCUT2D eigenvalue weighted by Gasteiger charge is -2.25. The van der Waals surface area contributed by atoms with Gasteiger partial charge in [-0.2, -0.15) is 0 Å². The number of fused-ring (bicyclic) bond motifs is 1. The zero-order valence-corrected chi connectivity index (χ0v) is 20.3. The highest BCUT2D eigenvalue weighted by Crippen LogP contribution is 2.34. The first-order valence-corrected chi connectivity index (χ1v) is 12.5. The number of aromatic nitrogens is 1. The predicted octanol–water partition coefficient (Wildman–Crippen LogP) is 6.36. The van der Waals surface area contributed by atoms with Crippen molar-refractivity contribution in [2.75, 3.05) is 36.8 Å². The first-order chi connectivity index (χ1) is 14.5. The van der Waals surface area contributed by atoms with E-state index >= 15 is 0 Å². The Balaban J connectivity index is 1.99. The molecule has 4 nitrogen and oxygen atoms in total. The molecule has 0 N–H and O–H groups in total. The van der Waals surface area contributed by atoms with Crippen molar-refractivity contribution >= 4 is 56.0 Å². The number of carbonyl (C=O) groups is 1. The highest BCUT2D eigenvalue weighted by molar-refractivity contribution is 7.99. The molecule has 3 aromatic rings. The number of likely N-dealkylation sites (N-methyl/N-ethyl adjacent to an activating group) is 1. The monoisotopic (exact) mass is 461 g/mol. The normalized spacial score (nSPS) is 11.4. The van der Waals surface area contributed by atoms with Crippen LogP contribution < -0.4 is 4.90 Å². The lowest BCUT2D eigenvalue weighted by Crippen LogP contribution is -2.38. The summed E-state index contributed by atoms with van der Waals surface area (Å²) in [6.07, 6.45) is 0. The number of nitrogens with zero attached hydrogens (tertiary/aromatic N) is 3. The number of rotatable bonds is 9. The summed E-state index contributed by atoms with van der Waals surface area (Å²) in [5.41, 5.74) is 2.52. The van der Waals surface area contributed by atoms with Gasteiger partial charge in [-0.3, -0.25) is 9.69 Å². The number of thioether (sulfide) groups is 1. The largest absolute Gasteiger partial charge is 0.302 e. The Bertz CT molecular complexity index is 1020. The minimum atomic E-state index is -0.0106. The van der Waals surface area contributed by atoms with Gasteiger partial charge in [0.25, 0.3) is 5.91 Å². The van der Waals surface area contributed by atoms with Crippen molar-refractivity contribution in [1.82, 2.24) is 9.88 Å². The standard InChI is InChI=1S/C23H28ClN3OS2/c1-5-26(6-2)13-14-27(22(28)17-9-8-10-18(15-17)29-7-3)23-25-21-16(4)19(24)11-12-20(21)30-23/h8-12,15H,5-7,13-14H2,1-4H3. The van der Waals surface area contributed by atoms with Crippen LogP contribution in [0.4, 0.5) is 5.13 Å². The average Bonchev–Trinajstić information content (AvgIpc) is 3.19. The fourth-order valence-electron chi connectivity index (χ4n) is 3.31. The number of halogens is 1. The summed E-state index contributed by atoms with van der Waals surface area (Å²) in [7, 11) is 0. The fraction of sp³-hybridized carbons (Fsp3) is 0.391. The SMILES string of the molecule is CCSc1cccc(C(=O)N(CCN(CC)CC)c2nc3c(C)c(Cl)ccc3s2)c1. The Kier molecular flexibility index (Phi) is 8.17. The van der Waals surface area contributed by atoms with Crippen LogP contribution >= 0.6 is 34.7 Å². The molecule has 0 atom stereocenters. The van der Waals surface area contributed by atoms with Crippen LogP contribution in [0.3, 0.4) is 0 Å². The van der Waals surface area contributed by atoms with Crippen LogP contribution in [-0.2, 0) is 0 Å². The molecule has 0 saturated heterocycles. The number of benzene rings is 2. The third-order valence-electron chi connectivity index (χ3n) is 5.14. The fourth-order valence-corrected chi connectivity index (χ4v) is 5.23. The number of carbonyl (C=O) groups excluding carboxylic acids is 1. The average molecular weight is 462 g/mol. The summed E-state index contributed by atoms with van der Waals surface area (Å²) in [5, 5.41) is 1.42. The molecule has 160 valence electrons. The Hall–Kier alpha value is -1.60. The van der Waals surface area contributed by atoms with Crippen molar-refractivity contribution in [1.29, 1.82) is 0 Å². The molecule has 7 heteroatoms. The summed E-state index contributed by atoms with van der Waals surface area (Å²) in [4.78, 5) is 23.6. The van der Waals surface area contributed by atoms with E-state index in [1.165, 1.54) is 0 Å². The first kappa shape index (κ1) is 23.1. The van der Waals surface area contributed by atoms with Gasteiger partial charge >= 0.3 is 0 Å². The summed E-state index contributed by atoms with van der Waals surface area (Å²) in [6, 6.07) is 11.8. The van der Waals surface area contributed by atoms with Crippen LogP contribution in [0, 0.1) is 6.92 Å². The zero-order valence-electron chi connectivity index (χ0n) is 17.9. The highest BCUT2D eigenvalue weighted by Gasteiger charge is 2.23. The van der Waals surface area contributed by atoms with Gasteiger partial charge in [-0.25, -0.2) is 4.98 Å². The van der Waals surface area contributed by atoms with E-state index in [1.54, 1.807) is 23.1 Å². The van der Waals surface area contributed by atoms with Crippen molar-refractivity contribution in [2.24, 2.45) is 0 Å². The van der Waals surface area contributed by atoms with Gasteiger partial charge in [0, 0.05) is 28.6 Å². The van der Waals surface area contributed by atoms with E-state index in [4.69, 9.17) is 16.6 Å². The maximum absolute atomic E-state index is 13.6. The Morgan fingerprint density at radius 3 is 2.60 bits per heavy atom. The van der Waals surface area contributed by atoms with Gasteiger partial charge in [0.05, 0.1) is 10.2 Å². The predicted molar refractivity (Wildman–Crippen MR) is 132 cm³/mol. The van der Waals surface area contributed by atoms with E-state index in [0.29, 0.717) is 17.1 Å². The molecule has 0 radical (unpaired) electrons. The zero-order chi connectivity index (χ0) is 21.7. The second kappa shape index (κ2) is 10.6. The van der Waals surface area contributed by atoms with Gasteiger partial charge in [0.2, 0.25) is 0 Å². The Morgan fingerprint density at radius 2 is 1.90 bits per heavy atom. The first-order valence-electron chi connectivity index (χ1n) is 10.3. The number of anilines is 1. The molecule has 0 aliphatic heterocycles. The molecule has 0 unspecified atom stereocenters. The van der Waals surface area contributed by atoms with Gasteiger partial charge in [-0.15, -0.1) is 11.8 Å². The lowest BCUT2D eigenvalue weighted by atomic mass is 10.2. The van der Waals surface area contributed by atoms with E-state index in [-0.39, 0.29) is 5.91 Å². The van der Waals surface area contributed by atoms with Gasteiger partial charge in [0.15, 0.2) is 5.13 Å². The van der Waals surface area contributed by atoms with Crippen molar-refractivity contribution in [2.45, 2.75) is 32.6 Å². The van der Waals surface area contributed by atoms with Crippen LogP contribution in [0.2, 0.25) is 5.02 Å². The second-order valence-corrected chi connectivity index (χ2v) is 9.71. The molecule has 30 heavy (non-hydrogen) atoms. The molecule has 0 bridgehead atoms. The van der Waals surface area contributed by atoms with Crippen molar-refractivity contribution in [3.8, 4) is 0 Å². The molecule has 2 aromatic carbocycles. The molecule has 1 aromatic heterocycles. The van der Waals surface area contributed by atoms with Crippen LogP contribution in [0.15, 0.2) is 41.3 Å². The quantitative estimate of drug-likeness (QED) is 0.347. The highest BCUT2D eigenvalue weighted by atomic mass is 35.5. The summed E-state index contributed by atoms with van der Waals surface area (Å²) in [6.45, 7) is 11.7. The summed E-state index contributed by atoms with van der Waals surface area (Å²) < 4.78 is 1.04. The van der Waals surface area contributed by atoms with Gasteiger partial charge in [0.1, 0.15) is 0 Å². The molecule has 0 aliphatic carbocycles. The molecule has 0 fully saturated rings. The number of amides is 1. The third kappa shape index (κ3) is 5.17. The van der Waals surface area contributed by atoms with Crippen LogP contribution in [0.5, 0.6) is 0 Å². The summed E-state index contributed by atoms with van der Waals surface area (Å²) in [5.74, 6) is 0.963. The molecule has 0 aliphatic rings. The smallest absolute Gasteiger partial charge is 0.260 e. The van der Waals surface area contributed by atoms with E-state index in [2.05, 4.69) is 25.7 Å². The van der Waals surface area contributed by atoms with Crippen molar-refractivity contribution in [3.05, 3.63) is 52.5 Å². The minimum absolute atomic E-state index is 0.0106. The maximum atomic E-state index is 13.6. The van der Waals surface area contributed by atoms with Crippen molar-refractivity contribution < 1.29 is 4.79 Å². The number of hydrogen-bond acceptors (Lipinski definition) is 5. The number of thiazole rings is 1. The number of hydrogen-bond donors (Lipinski definition) is 0. The van der Waals surface area contributed by atoms with E-state index < -0.39 is 0 Å². The summed E-state index contributed by atoms with van der Waals surface area (Å²) >= 11 is 9.58.